The molecule has 1 rings (SSSR count). The second-order valence-electron chi connectivity index (χ2n) is 2.79. The Balaban J connectivity index is 2.49. The van der Waals surface area contributed by atoms with Crippen LogP contribution in [0, 0.1) is 0 Å². The number of thioether (sulfide) groups is 1. The van der Waals surface area contributed by atoms with E-state index >= 15 is 0 Å². The van der Waals surface area contributed by atoms with Gasteiger partial charge in [0, 0.05) is 11.8 Å². The van der Waals surface area contributed by atoms with E-state index in [2.05, 4.69) is 0 Å². The minimum Gasteiger partial charge on any atom is -0.389 e. The third-order valence-corrected chi connectivity index (χ3v) is 2.94. The fourth-order valence-electron chi connectivity index (χ4n) is 0.854. The fourth-order valence-corrected chi connectivity index (χ4v) is 2.19. The molecule has 2 unspecified atom stereocenters. The standard InChI is InChI=1S/C6H13NOS/c1-6(8)2-3-9-4-5(6)7/h5,8H,2-4,7H2,1H3. The van der Waals surface area contributed by atoms with Crippen LogP contribution < -0.4 is 5.73 Å². The highest BCUT2D eigenvalue weighted by Gasteiger charge is 2.31. The summed E-state index contributed by atoms with van der Waals surface area (Å²) in [6.45, 7) is 1.82. The maximum absolute atomic E-state index is 9.50. The molecule has 1 aliphatic heterocycles. The van der Waals surface area contributed by atoms with Crippen molar-refractivity contribution in [3.8, 4) is 0 Å². The lowest BCUT2D eigenvalue weighted by molar-refractivity contribution is 0.0344. The monoisotopic (exact) mass is 147 g/mol. The van der Waals surface area contributed by atoms with Gasteiger partial charge < -0.3 is 10.8 Å². The Morgan fingerprint density at radius 3 is 2.78 bits per heavy atom. The number of hydrogen-bond acceptors (Lipinski definition) is 3. The van der Waals surface area contributed by atoms with Crippen LogP contribution in [0.15, 0.2) is 0 Å². The number of aliphatic hydroxyl groups is 1. The van der Waals surface area contributed by atoms with Crippen molar-refractivity contribution in [3.63, 3.8) is 0 Å². The van der Waals surface area contributed by atoms with Gasteiger partial charge in [0.2, 0.25) is 0 Å². The summed E-state index contributed by atoms with van der Waals surface area (Å²) in [5, 5.41) is 9.50. The third-order valence-electron chi connectivity index (χ3n) is 1.85. The zero-order chi connectivity index (χ0) is 6.91. The van der Waals surface area contributed by atoms with Gasteiger partial charge in [-0.3, -0.25) is 0 Å². The Morgan fingerprint density at radius 1 is 1.78 bits per heavy atom. The molecule has 54 valence electrons. The van der Waals surface area contributed by atoms with Crippen molar-refractivity contribution >= 4 is 11.8 Å². The maximum Gasteiger partial charge on any atom is 0.0785 e. The summed E-state index contributed by atoms with van der Waals surface area (Å²) in [6.07, 6.45) is 0.832. The van der Waals surface area contributed by atoms with Crippen molar-refractivity contribution in [2.45, 2.75) is 25.0 Å². The minimum atomic E-state index is -0.606. The number of rotatable bonds is 0. The van der Waals surface area contributed by atoms with E-state index in [1.165, 1.54) is 0 Å². The second-order valence-corrected chi connectivity index (χ2v) is 3.94. The molecule has 0 aromatic carbocycles. The Bertz CT molecular complexity index is 105. The minimum absolute atomic E-state index is 0.0313. The van der Waals surface area contributed by atoms with Gasteiger partial charge in [-0.1, -0.05) is 0 Å². The molecule has 0 aromatic rings. The van der Waals surface area contributed by atoms with E-state index in [1.807, 2.05) is 18.7 Å². The lowest BCUT2D eigenvalue weighted by Crippen LogP contribution is -2.50. The molecule has 0 amide bonds. The van der Waals surface area contributed by atoms with Crippen molar-refractivity contribution < 1.29 is 5.11 Å². The van der Waals surface area contributed by atoms with Crippen LogP contribution in [0.3, 0.4) is 0 Å². The van der Waals surface area contributed by atoms with Gasteiger partial charge in [-0.2, -0.15) is 11.8 Å². The van der Waals surface area contributed by atoms with Gasteiger partial charge in [0.05, 0.1) is 5.60 Å². The first kappa shape index (κ1) is 7.38. The summed E-state index contributed by atoms with van der Waals surface area (Å²) >= 11 is 1.82. The van der Waals surface area contributed by atoms with E-state index < -0.39 is 5.60 Å². The van der Waals surface area contributed by atoms with Gasteiger partial charge in [-0.15, -0.1) is 0 Å². The van der Waals surface area contributed by atoms with E-state index in [0.29, 0.717) is 0 Å². The van der Waals surface area contributed by atoms with Gasteiger partial charge in [0.25, 0.3) is 0 Å². The summed E-state index contributed by atoms with van der Waals surface area (Å²) in [5.74, 6) is 1.94. The van der Waals surface area contributed by atoms with Crippen LogP contribution in [0.5, 0.6) is 0 Å². The van der Waals surface area contributed by atoms with Crippen molar-refractivity contribution in [3.05, 3.63) is 0 Å². The van der Waals surface area contributed by atoms with Gasteiger partial charge in [-0.25, -0.2) is 0 Å². The lowest BCUT2D eigenvalue weighted by atomic mass is 9.95. The molecule has 1 aliphatic rings. The third kappa shape index (κ3) is 1.60. The highest BCUT2D eigenvalue weighted by Crippen LogP contribution is 2.24. The first-order chi connectivity index (χ1) is 4.13. The van der Waals surface area contributed by atoms with Crippen LogP contribution in [0.2, 0.25) is 0 Å². The zero-order valence-corrected chi connectivity index (χ0v) is 6.45. The van der Waals surface area contributed by atoms with Crippen molar-refractivity contribution in [2.24, 2.45) is 5.73 Å². The van der Waals surface area contributed by atoms with Gasteiger partial charge in [0.1, 0.15) is 0 Å². The van der Waals surface area contributed by atoms with Gasteiger partial charge >= 0.3 is 0 Å². The molecule has 2 atom stereocenters. The second kappa shape index (κ2) is 2.48. The molecule has 9 heavy (non-hydrogen) atoms. The normalized spacial score (nSPS) is 45.0. The summed E-state index contributed by atoms with van der Waals surface area (Å²) in [5.41, 5.74) is 5.04. The lowest BCUT2D eigenvalue weighted by Gasteiger charge is -2.33. The summed E-state index contributed by atoms with van der Waals surface area (Å²) in [4.78, 5) is 0. The molecule has 1 fully saturated rings. The summed E-state index contributed by atoms with van der Waals surface area (Å²) < 4.78 is 0. The quantitative estimate of drug-likeness (QED) is 0.514. The molecule has 0 radical (unpaired) electrons. The molecule has 3 N–H and O–H groups in total. The van der Waals surface area contributed by atoms with Crippen molar-refractivity contribution in [1.29, 1.82) is 0 Å². The number of hydrogen-bond donors (Lipinski definition) is 2. The summed E-state index contributed by atoms with van der Waals surface area (Å²) in [7, 11) is 0. The SMILES string of the molecule is CC1(O)CCSCC1N. The molecule has 0 aromatic heterocycles. The van der Waals surface area contributed by atoms with Gasteiger partial charge in [0.15, 0.2) is 0 Å². The molecule has 0 bridgehead atoms. The van der Waals surface area contributed by atoms with Crippen LogP contribution >= 0.6 is 11.8 Å². The highest BCUT2D eigenvalue weighted by molar-refractivity contribution is 7.99. The average Bonchev–Trinajstić information content (AvgIpc) is 1.77. The van der Waals surface area contributed by atoms with Crippen molar-refractivity contribution in [1.82, 2.24) is 0 Å². The molecular formula is C6H13NOS. The Morgan fingerprint density at radius 2 is 2.44 bits per heavy atom. The van der Waals surface area contributed by atoms with E-state index in [1.54, 1.807) is 0 Å². The van der Waals surface area contributed by atoms with E-state index in [0.717, 1.165) is 17.9 Å². The molecule has 0 spiro atoms. The first-order valence-electron chi connectivity index (χ1n) is 3.18. The molecule has 0 saturated carbocycles. The molecule has 2 nitrogen and oxygen atoms in total. The fraction of sp³-hybridized carbons (Fsp3) is 1.00. The average molecular weight is 147 g/mol. The maximum atomic E-state index is 9.50. The highest BCUT2D eigenvalue weighted by atomic mass is 32.2. The zero-order valence-electron chi connectivity index (χ0n) is 5.63. The summed E-state index contributed by atoms with van der Waals surface area (Å²) in [6, 6.07) is -0.0313. The molecule has 1 saturated heterocycles. The predicted molar refractivity (Wildman–Crippen MR) is 40.5 cm³/mol. The van der Waals surface area contributed by atoms with E-state index in [9.17, 15) is 5.11 Å². The van der Waals surface area contributed by atoms with Crippen LogP contribution in [-0.4, -0.2) is 28.3 Å². The van der Waals surface area contributed by atoms with Crippen LogP contribution in [0.1, 0.15) is 13.3 Å². The molecule has 3 heteroatoms. The first-order valence-corrected chi connectivity index (χ1v) is 4.34. The Kier molecular flexibility index (Phi) is 2.03. The molecular weight excluding hydrogens is 134 g/mol. The number of nitrogens with two attached hydrogens (primary N) is 1. The Hall–Kier alpha value is 0.270. The largest absolute Gasteiger partial charge is 0.389 e. The molecule has 0 aliphatic carbocycles. The van der Waals surface area contributed by atoms with E-state index in [4.69, 9.17) is 5.73 Å². The van der Waals surface area contributed by atoms with Crippen LogP contribution in [0.25, 0.3) is 0 Å². The molecule has 1 heterocycles. The van der Waals surface area contributed by atoms with Crippen molar-refractivity contribution in [2.75, 3.05) is 11.5 Å². The Labute approximate surface area is 59.8 Å². The topological polar surface area (TPSA) is 46.2 Å². The van der Waals surface area contributed by atoms with Crippen LogP contribution in [-0.2, 0) is 0 Å². The predicted octanol–water partition coefficient (Wildman–Crippen LogP) is 0.202. The van der Waals surface area contributed by atoms with Gasteiger partial charge in [-0.05, 0) is 19.1 Å². The van der Waals surface area contributed by atoms with E-state index in [-0.39, 0.29) is 6.04 Å². The smallest absolute Gasteiger partial charge is 0.0785 e. The van der Waals surface area contributed by atoms with Crippen LogP contribution in [0.4, 0.5) is 0 Å².